The Morgan fingerprint density at radius 2 is 1.83 bits per heavy atom. The predicted molar refractivity (Wildman–Crippen MR) is 91.4 cm³/mol. The van der Waals surface area contributed by atoms with Gasteiger partial charge in [0, 0.05) is 11.1 Å². The normalized spacial score (nSPS) is 16.8. The van der Waals surface area contributed by atoms with Gasteiger partial charge in [0.25, 0.3) is 5.91 Å². The van der Waals surface area contributed by atoms with Crippen LogP contribution in [0, 0.1) is 5.82 Å². The molecule has 1 aliphatic heterocycles. The van der Waals surface area contributed by atoms with Crippen molar-refractivity contribution in [2.75, 3.05) is 6.61 Å². The van der Waals surface area contributed by atoms with Crippen LogP contribution in [0.1, 0.15) is 12.5 Å². The maximum atomic E-state index is 13.8. The molecule has 0 fully saturated rings. The monoisotopic (exact) mass is 343 g/mol. The van der Waals surface area contributed by atoms with Crippen LogP contribution < -0.4 is 0 Å². The molecule has 0 saturated carbocycles. The van der Waals surface area contributed by atoms with E-state index in [1.807, 2.05) is 0 Å². The van der Waals surface area contributed by atoms with E-state index < -0.39 is 17.1 Å². The third-order valence-electron chi connectivity index (χ3n) is 3.48. The van der Waals surface area contributed by atoms with Gasteiger partial charge in [0.05, 0.1) is 6.61 Å². The van der Waals surface area contributed by atoms with Crippen LogP contribution in [0.15, 0.2) is 53.5 Å². The number of ether oxygens (including phenoxy) is 1. The fourth-order valence-corrected chi connectivity index (χ4v) is 3.29. The summed E-state index contributed by atoms with van der Waals surface area (Å²) < 4.78 is 18.7. The highest BCUT2D eigenvalue weighted by Crippen LogP contribution is 2.29. The van der Waals surface area contributed by atoms with E-state index in [0.29, 0.717) is 16.2 Å². The molecule has 2 aromatic carbocycles. The number of hydrogen-bond acceptors (Lipinski definition) is 4. The first kappa shape index (κ1) is 16.4. The summed E-state index contributed by atoms with van der Waals surface area (Å²) in [5, 5.41) is -0.468. The highest BCUT2D eigenvalue weighted by molar-refractivity contribution is 8.16. The van der Waals surface area contributed by atoms with Gasteiger partial charge >= 0.3 is 5.97 Å². The van der Waals surface area contributed by atoms with Crippen molar-refractivity contribution in [3.63, 3.8) is 0 Å². The van der Waals surface area contributed by atoms with Crippen molar-refractivity contribution in [2.24, 2.45) is 4.99 Å². The van der Waals surface area contributed by atoms with Crippen molar-refractivity contribution in [1.82, 2.24) is 0 Å². The van der Waals surface area contributed by atoms with E-state index in [4.69, 9.17) is 4.74 Å². The zero-order chi connectivity index (χ0) is 17.1. The van der Waals surface area contributed by atoms with Gasteiger partial charge in [0.1, 0.15) is 10.9 Å². The zero-order valence-electron chi connectivity index (χ0n) is 12.9. The third-order valence-corrected chi connectivity index (χ3v) is 4.66. The lowest BCUT2D eigenvalue weighted by molar-refractivity contribution is -0.144. The number of amides is 1. The van der Waals surface area contributed by atoms with Crippen molar-refractivity contribution < 1.29 is 18.7 Å². The molecule has 3 rings (SSSR count). The van der Waals surface area contributed by atoms with Gasteiger partial charge in [0.15, 0.2) is 5.25 Å². The predicted octanol–water partition coefficient (Wildman–Crippen LogP) is 3.44. The SMILES string of the molecule is CCOC(=O)C1SC(c2ccc(-c3ccccc3F)cc2)=NC1=O. The molecule has 0 aliphatic carbocycles. The molecular formula is C18H14FNO3S. The second-order valence-electron chi connectivity index (χ2n) is 5.06. The van der Waals surface area contributed by atoms with Crippen molar-refractivity contribution in [1.29, 1.82) is 0 Å². The molecule has 4 nitrogen and oxygen atoms in total. The van der Waals surface area contributed by atoms with Crippen LogP contribution in [0.5, 0.6) is 0 Å². The molecule has 122 valence electrons. The minimum atomic E-state index is -0.939. The Balaban J connectivity index is 1.80. The van der Waals surface area contributed by atoms with E-state index in [1.165, 1.54) is 6.07 Å². The molecule has 1 aliphatic rings. The fourth-order valence-electron chi connectivity index (χ4n) is 2.33. The van der Waals surface area contributed by atoms with Crippen molar-refractivity contribution in [2.45, 2.75) is 12.2 Å². The van der Waals surface area contributed by atoms with Gasteiger partial charge in [0.2, 0.25) is 0 Å². The van der Waals surface area contributed by atoms with E-state index in [2.05, 4.69) is 4.99 Å². The summed E-state index contributed by atoms with van der Waals surface area (Å²) in [6, 6.07) is 13.6. The Hall–Kier alpha value is -2.47. The lowest BCUT2D eigenvalue weighted by Gasteiger charge is -2.07. The van der Waals surface area contributed by atoms with Crippen molar-refractivity contribution >= 4 is 28.7 Å². The highest BCUT2D eigenvalue weighted by atomic mass is 32.2. The summed E-state index contributed by atoms with van der Waals surface area (Å²) >= 11 is 1.08. The molecule has 6 heteroatoms. The summed E-state index contributed by atoms with van der Waals surface area (Å²) in [6.07, 6.45) is 0. The number of aliphatic imine (C=N–C) groups is 1. The summed E-state index contributed by atoms with van der Waals surface area (Å²) in [6.45, 7) is 1.90. The summed E-state index contributed by atoms with van der Waals surface area (Å²) in [4.78, 5) is 27.5. The molecule has 0 bridgehead atoms. The van der Waals surface area contributed by atoms with E-state index >= 15 is 0 Å². The Kier molecular flexibility index (Phi) is 4.76. The van der Waals surface area contributed by atoms with Crippen LogP contribution in [-0.4, -0.2) is 28.8 Å². The number of nitrogens with zero attached hydrogens (tertiary/aromatic N) is 1. The minimum absolute atomic E-state index is 0.218. The second-order valence-corrected chi connectivity index (χ2v) is 6.16. The lowest BCUT2D eigenvalue weighted by Crippen LogP contribution is -2.25. The highest BCUT2D eigenvalue weighted by Gasteiger charge is 2.36. The second kappa shape index (κ2) is 6.97. The molecule has 1 heterocycles. The molecule has 1 amide bonds. The van der Waals surface area contributed by atoms with Crippen molar-refractivity contribution in [3.05, 3.63) is 59.9 Å². The smallest absolute Gasteiger partial charge is 0.329 e. The molecule has 1 unspecified atom stereocenters. The summed E-state index contributed by atoms with van der Waals surface area (Å²) in [7, 11) is 0. The summed E-state index contributed by atoms with van der Waals surface area (Å²) in [5.74, 6) is -1.38. The van der Waals surface area contributed by atoms with E-state index in [1.54, 1.807) is 49.4 Å². The van der Waals surface area contributed by atoms with E-state index in [0.717, 1.165) is 17.3 Å². The van der Waals surface area contributed by atoms with E-state index in [-0.39, 0.29) is 12.4 Å². The molecule has 0 saturated heterocycles. The number of rotatable bonds is 4. The van der Waals surface area contributed by atoms with Crippen molar-refractivity contribution in [3.8, 4) is 11.1 Å². The van der Waals surface area contributed by atoms with Gasteiger partial charge in [-0.15, -0.1) is 0 Å². The van der Waals surface area contributed by atoms with Gasteiger partial charge in [-0.2, -0.15) is 0 Å². The topological polar surface area (TPSA) is 55.7 Å². The molecule has 0 radical (unpaired) electrons. The number of halogens is 1. The van der Waals surface area contributed by atoms with Crippen LogP contribution in [0.3, 0.4) is 0 Å². The van der Waals surface area contributed by atoms with Gasteiger partial charge < -0.3 is 4.74 Å². The third kappa shape index (κ3) is 3.23. The fraction of sp³-hybridized carbons (Fsp3) is 0.167. The summed E-state index contributed by atoms with van der Waals surface area (Å²) in [5.41, 5.74) is 1.94. The van der Waals surface area contributed by atoms with E-state index in [9.17, 15) is 14.0 Å². The maximum absolute atomic E-state index is 13.8. The largest absolute Gasteiger partial charge is 0.465 e. The Morgan fingerprint density at radius 1 is 1.17 bits per heavy atom. The first-order valence-electron chi connectivity index (χ1n) is 7.41. The van der Waals surface area contributed by atoms with Crippen LogP contribution in [0.25, 0.3) is 11.1 Å². The van der Waals surface area contributed by atoms with Gasteiger partial charge in [-0.25, -0.2) is 9.38 Å². The van der Waals surface area contributed by atoms with Crippen LogP contribution in [0.4, 0.5) is 4.39 Å². The van der Waals surface area contributed by atoms with Crippen LogP contribution in [-0.2, 0) is 14.3 Å². The molecule has 0 spiro atoms. The van der Waals surface area contributed by atoms with Crippen LogP contribution >= 0.6 is 11.8 Å². The average Bonchev–Trinajstić information content (AvgIpc) is 2.98. The number of carbonyl (C=O) groups is 2. The Bertz CT molecular complexity index is 817. The molecule has 1 atom stereocenters. The van der Waals surface area contributed by atoms with Gasteiger partial charge in [-0.3, -0.25) is 9.59 Å². The number of carbonyl (C=O) groups excluding carboxylic acids is 2. The number of esters is 1. The molecular weight excluding hydrogens is 329 g/mol. The van der Waals surface area contributed by atoms with Gasteiger partial charge in [-0.05, 0) is 18.6 Å². The molecule has 2 aromatic rings. The Morgan fingerprint density at radius 3 is 2.50 bits per heavy atom. The molecule has 0 N–H and O–H groups in total. The number of benzene rings is 2. The maximum Gasteiger partial charge on any atom is 0.329 e. The number of thioether (sulfide) groups is 1. The quantitative estimate of drug-likeness (QED) is 0.630. The lowest BCUT2D eigenvalue weighted by atomic mass is 10.0. The zero-order valence-corrected chi connectivity index (χ0v) is 13.7. The minimum Gasteiger partial charge on any atom is -0.465 e. The van der Waals surface area contributed by atoms with Crippen LogP contribution in [0.2, 0.25) is 0 Å². The molecule has 0 aromatic heterocycles. The first-order valence-corrected chi connectivity index (χ1v) is 8.29. The average molecular weight is 343 g/mol. The first-order chi connectivity index (χ1) is 11.6. The van der Waals surface area contributed by atoms with Gasteiger partial charge in [-0.1, -0.05) is 54.2 Å². The standard InChI is InChI=1S/C18H14FNO3S/c1-2-23-18(22)15-16(21)20-17(24-15)12-9-7-11(8-10-12)13-5-3-4-6-14(13)19/h3-10,15H,2H2,1H3. The Labute approximate surface area is 142 Å². The molecule has 24 heavy (non-hydrogen) atoms. The number of hydrogen-bond donors (Lipinski definition) is 0.